The monoisotopic (exact) mass is 486 g/mol. The first-order valence-corrected chi connectivity index (χ1v) is 12.5. The minimum atomic E-state index is -0.350. The van der Waals surface area contributed by atoms with Crippen molar-refractivity contribution < 1.29 is 28.9 Å². The van der Waals surface area contributed by atoms with Crippen molar-refractivity contribution in [2.24, 2.45) is 5.92 Å². The number of carbonyl (C=O) groups excluding carboxylic acids is 2. The molecule has 1 spiro atoms. The number of allylic oxidation sites excluding steroid dienone is 1. The number of hydrogen-bond donors (Lipinski definition) is 3. The van der Waals surface area contributed by atoms with Gasteiger partial charge in [-0.15, -0.1) is 0 Å². The van der Waals surface area contributed by atoms with Crippen molar-refractivity contribution in [2.75, 3.05) is 26.9 Å². The fourth-order valence-corrected chi connectivity index (χ4v) is 5.55. The largest absolute Gasteiger partial charge is 0.396 e. The van der Waals surface area contributed by atoms with Gasteiger partial charge in [0.15, 0.2) is 0 Å². The zero-order valence-corrected chi connectivity index (χ0v) is 21.1. The van der Waals surface area contributed by atoms with Gasteiger partial charge >= 0.3 is 0 Å². The Bertz CT molecular complexity index is 953. The summed E-state index contributed by atoms with van der Waals surface area (Å²) in [7, 11) is 1.69. The zero-order valence-electron chi connectivity index (χ0n) is 21.1. The molecule has 6 atom stereocenters. The minimum absolute atomic E-state index is 0.0263. The molecular formula is C27H38N2O6. The van der Waals surface area contributed by atoms with Gasteiger partial charge in [0.1, 0.15) is 5.60 Å². The van der Waals surface area contributed by atoms with Crippen molar-refractivity contribution in [2.45, 2.75) is 75.9 Å². The second kappa shape index (κ2) is 10.4. The van der Waals surface area contributed by atoms with Crippen LogP contribution in [-0.2, 0) is 14.2 Å². The van der Waals surface area contributed by atoms with Gasteiger partial charge in [-0.1, -0.05) is 11.6 Å². The molecular weight excluding hydrogens is 448 g/mol. The molecule has 35 heavy (non-hydrogen) atoms. The third-order valence-corrected chi connectivity index (χ3v) is 7.64. The van der Waals surface area contributed by atoms with Crippen LogP contribution < -0.4 is 10.6 Å². The van der Waals surface area contributed by atoms with Gasteiger partial charge in [0, 0.05) is 37.3 Å². The van der Waals surface area contributed by atoms with Gasteiger partial charge in [0.05, 0.1) is 30.5 Å². The summed E-state index contributed by atoms with van der Waals surface area (Å²) in [5, 5.41) is 14.8. The van der Waals surface area contributed by atoms with Crippen LogP contribution in [0.4, 0.5) is 0 Å². The second-order valence-corrected chi connectivity index (χ2v) is 10.4. The zero-order chi connectivity index (χ0) is 25.2. The quantitative estimate of drug-likeness (QED) is 0.266. The normalized spacial score (nSPS) is 33.2. The lowest BCUT2D eigenvalue weighted by Gasteiger charge is -2.43. The maximum atomic E-state index is 13.1. The van der Waals surface area contributed by atoms with Crippen molar-refractivity contribution in [3.63, 3.8) is 0 Å². The molecule has 2 amide bonds. The van der Waals surface area contributed by atoms with Crippen LogP contribution in [0.5, 0.6) is 0 Å². The van der Waals surface area contributed by atoms with E-state index in [-0.39, 0.29) is 53.8 Å². The van der Waals surface area contributed by atoms with Gasteiger partial charge in [0.25, 0.3) is 11.8 Å². The maximum absolute atomic E-state index is 13.1. The van der Waals surface area contributed by atoms with E-state index in [9.17, 15) is 9.59 Å². The number of carbonyl (C=O) groups is 2. The van der Waals surface area contributed by atoms with E-state index in [1.807, 2.05) is 0 Å². The Balaban J connectivity index is 1.42. The lowest BCUT2D eigenvalue weighted by atomic mass is 9.67. The first-order chi connectivity index (χ1) is 16.7. The standard InChI is InChI=1S/C27H38N2O6/c1-17(2)6-11-21-26(3,35-21)23-22(33-4)20(12-13-27(23)16-34-27)29-25(32)19-9-7-18(8-10-19)24(31)28-14-5-15-30/h6-10,20-23,30H,5,11-16H2,1-4H3,(H,28,31)(H,29,32)/t20-,21-,22-,23-,26+,27+/m1/s1. The summed E-state index contributed by atoms with van der Waals surface area (Å²) in [6, 6.07) is 6.43. The molecule has 0 unspecified atom stereocenters. The average molecular weight is 487 g/mol. The lowest BCUT2D eigenvalue weighted by molar-refractivity contribution is -0.0660. The molecule has 1 aromatic rings. The summed E-state index contributed by atoms with van der Waals surface area (Å²) in [6.45, 7) is 7.46. The summed E-state index contributed by atoms with van der Waals surface area (Å²) in [6.07, 6.45) is 5.07. The third-order valence-electron chi connectivity index (χ3n) is 7.64. The molecule has 3 aliphatic rings. The van der Waals surface area contributed by atoms with Crippen molar-refractivity contribution in [1.82, 2.24) is 10.6 Å². The van der Waals surface area contributed by atoms with E-state index < -0.39 is 0 Å². The highest BCUT2D eigenvalue weighted by atomic mass is 16.6. The van der Waals surface area contributed by atoms with Crippen LogP contribution in [0.15, 0.2) is 35.9 Å². The molecule has 8 nitrogen and oxygen atoms in total. The molecule has 1 saturated carbocycles. The lowest BCUT2D eigenvalue weighted by Crippen LogP contribution is -2.59. The summed E-state index contributed by atoms with van der Waals surface area (Å²) in [5.74, 6) is -0.395. The van der Waals surface area contributed by atoms with Crippen LogP contribution >= 0.6 is 0 Å². The van der Waals surface area contributed by atoms with Crippen LogP contribution in [0.3, 0.4) is 0 Å². The average Bonchev–Trinajstić information content (AvgIpc) is 3.76. The van der Waals surface area contributed by atoms with Crippen molar-refractivity contribution >= 4 is 11.8 Å². The van der Waals surface area contributed by atoms with Crippen LogP contribution in [0.25, 0.3) is 0 Å². The Morgan fingerprint density at radius 2 is 1.86 bits per heavy atom. The van der Waals surface area contributed by atoms with Crippen LogP contribution in [0, 0.1) is 5.92 Å². The van der Waals surface area contributed by atoms with Gasteiger partial charge in [0.2, 0.25) is 0 Å². The van der Waals surface area contributed by atoms with Crippen molar-refractivity contribution in [1.29, 1.82) is 0 Å². The number of benzene rings is 1. The van der Waals surface area contributed by atoms with Crippen LogP contribution in [0.2, 0.25) is 0 Å². The molecule has 2 heterocycles. The van der Waals surface area contributed by atoms with Gasteiger partial charge in [-0.2, -0.15) is 0 Å². The molecule has 3 N–H and O–H groups in total. The smallest absolute Gasteiger partial charge is 0.251 e. The first-order valence-electron chi connectivity index (χ1n) is 12.5. The SMILES string of the molecule is CO[C@@H]1[C@H](NC(=O)c2ccc(C(=O)NCCCO)cc2)CC[C@]2(CO2)[C@H]1[C@@]1(C)O[C@@H]1CC=C(C)C. The molecule has 2 aliphatic heterocycles. The topological polar surface area (TPSA) is 113 Å². The van der Waals surface area contributed by atoms with Gasteiger partial charge < -0.3 is 30.0 Å². The Hall–Kier alpha value is -2.26. The highest BCUT2D eigenvalue weighted by molar-refractivity contribution is 5.97. The van der Waals surface area contributed by atoms with E-state index in [0.717, 1.165) is 19.3 Å². The van der Waals surface area contributed by atoms with E-state index in [0.29, 0.717) is 30.7 Å². The number of aliphatic hydroxyl groups excluding tert-OH is 1. The fourth-order valence-electron chi connectivity index (χ4n) is 5.55. The maximum Gasteiger partial charge on any atom is 0.251 e. The number of ether oxygens (including phenoxy) is 3. The van der Waals surface area contributed by atoms with E-state index in [1.165, 1.54) is 5.57 Å². The second-order valence-electron chi connectivity index (χ2n) is 10.4. The predicted octanol–water partition coefficient (Wildman–Crippen LogP) is 2.61. The molecule has 0 aromatic heterocycles. The molecule has 1 aliphatic carbocycles. The summed E-state index contributed by atoms with van der Waals surface area (Å²) >= 11 is 0. The van der Waals surface area contributed by atoms with E-state index in [4.69, 9.17) is 19.3 Å². The molecule has 2 saturated heterocycles. The summed E-state index contributed by atoms with van der Waals surface area (Å²) in [5.41, 5.74) is 1.65. The number of nitrogens with one attached hydrogen (secondary N) is 2. The molecule has 3 fully saturated rings. The van der Waals surface area contributed by atoms with Gasteiger partial charge in [-0.3, -0.25) is 9.59 Å². The van der Waals surface area contributed by atoms with Gasteiger partial charge in [-0.25, -0.2) is 0 Å². The van der Waals surface area contributed by atoms with E-state index in [1.54, 1.807) is 31.4 Å². The van der Waals surface area contributed by atoms with Crippen LogP contribution in [0.1, 0.15) is 67.2 Å². The number of epoxide rings is 2. The number of rotatable bonds is 10. The Kier molecular flexibility index (Phi) is 7.66. The number of methoxy groups -OCH3 is 1. The number of hydrogen-bond acceptors (Lipinski definition) is 6. The van der Waals surface area contributed by atoms with E-state index >= 15 is 0 Å². The van der Waals surface area contributed by atoms with Crippen molar-refractivity contribution in [3.8, 4) is 0 Å². The van der Waals surface area contributed by atoms with E-state index in [2.05, 4.69) is 37.5 Å². The molecule has 1 aromatic carbocycles. The highest BCUT2D eigenvalue weighted by Crippen LogP contribution is 2.59. The molecule has 192 valence electrons. The first kappa shape index (κ1) is 25.8. The highest BCUT2D eigenvalue weighted by Gasteiger charge is 2.71. The molecule has 4 rings (SSSR count). The Morgan fingerprint density at radius 1 is 1.20 bits per heavy atom. The predicted molar refractivity (Wildman–Crippen MR) is 131 cm³/mol. The van der Waals surface area contributed by atoms with Crippen LogP contribution in [-0.4, -0.2) is 73.2 Å². The molecule has 8 heteroatoms. The third kappa shape index (κ3) is 5.45. The summed E-state index contributed by atoms with van der Waals surface area (Å²) < 4.78 is 18.2. The Labute approximate surface area is 207 Å². The fraction of sp³-hybridized carbons (Fsp3) is 0.630. The van der Waals surface area contributed by atoms with Gasteiger partial charge in [-0.05, 0) is 70.7 Å². The Morgan fingerprint density at radius 3 is 2.43 bits per heavy atom. The summed E-state index contributed by atoms with van der Waals surface area (Å²) in [4.78, 5) is 25.3. The number of amides is 2. The molecule has 0 bridgehead atoms. The van der Waals surface area contributed by atoms with Crippen molar-refractivity contribution in [3.05, 3.63) is 47.0 Å². The minimum Gasteiger partial charge on any atom is -0.396 e. The number of aliphatic hydroxyl groups is 1. The molecule has 0 radical (unpaired) electrons.